The Hall–Kier alpha value is -4.55. The molecule has 1 saturated heterocycles. The van der Waals surface area contributed by atoms with Crippen LogP contribution in [0.15, 0.2) is 54.7 Å². The van der Waals surface area contributed by atoms with Crippen LogP contribution in [-0.2, 0) is 19.1 Å². The number of ketones is 1. The quantitative estimate of drug-likeness (QED) is 0.193. The Morgan fingerprint density at radius 2 is 1.72 bits per heavy atom. The molecule has 0 radical (unpaired) electrons. The second kappa shape index (κ2) is 11.5. The van der Waals surface area contributed by atoms with Gasteiger partial charge in [0.15, 0.2) is 12.2 Å². The zero-order valence-corrected chi connectivity index (χ0v) is 21.3. The highest BCUT2D eigenvalue weighted by molar-refractivity contribution is 6.45. The van der Waals surface area contributed by atoms with Crippen LogP contribution in [0.2, 0.25) is 0 Å². The number of anilines is 1. The van der Waals surface area contributed by atoms with Crippen LogP contribution >= 0.6 is 0 Å². The van der Waals surface area contributed by atoms with Crippen molar-refractivity contribution in [3.63, 3.8) is 0 Å². The molecule has 1 fully saturated rings. The normalized spacial score (nSPS) is 16.9. The van der Waals surface area contributed by atoms with Gasteiger partial charge >= 0.3 is 5.97 Å². The number of aliphatic hydroxyl groups is 2. The Kier molecular flexibility index (Phi) is 8.07. The van der Waals surface area contributed by atoms with Crippen LogP contribution in [0, 0.1) is 0 Å². The number of esters is 1. The number of methoxy groups -OCH3 is 1. The molecule has 12 nitrogen and oxygen atoms in total. The highest BCUT2D eigenvalue weighted by atomic mass is 16.5. The van der Waals surface area contributed by atoms with E-state index in [4.69, 9.17) is 0 Å². The summed E-state index contributed by atoms with van der Waals surface area (Å²) in [6.45, 7) is 2.51. The molecule has 0 saturated carbocycles. The van der Waals surface area contributed by atoms with E-state index in [0.29, 0.717) is 16.5 Å². The number of H-pyrrole nitrogens is 1. The summed E-state index contributed by atoms with van der Waals surface area (Å²) in [4.78, 5) is 69.0. The third-order valence-electron chi connectivity index (χ3n) is 6.62. The van der Waals surface area contributed by atoms with Gasteiger partial charge in [0.25, 0.3) is 23.5 Å². The number of aromatic amines is 1. The fraction of sp³-hybridized carbons (Fsp3) is 0.296. The van der Waals surface area contributed by atoms with Crippen LogP contribution in [0.3, 0.4) is 0 Å². The monoisotopic (exact) mass is 536 g/mol. The van der Waals surface area contributed by atoms with Crippen LogP contribution in [0.25, 0.3) is 10.9 Å². The SMILES string of the molecule is COC(=O)C(O)C(O)C(=O)Nc1cccc2c(C(=O)C(=O)N3CCN(C(=O)c4ccccc4)C[C@H]3C)c[nH]c12. The van der Waals surface area contributed by atoms with Gasteiger partial charge in [0, 0.05) is 42.8 Å². The van der Waals surface area contributed by atoms with E-state index in [1.165, 1.54) is 23.2 Å². The second-order valence-corrected chi connectivity index (χ2v) is 9.13. The van der Waals surface area contributed by atoms with Crippen molar-refractivity contribution in [3.05, 3.63) is 65.9 Å². The standard InChI is InChI=1S/C27H28N4O8/c1-15-14-30(25(36)16-7-4-3-5-8-16)11-12-31(15)26(37)21(32)18-13-28-20-17(18)9-6-10-19(20)29-24(35)22(33)23(34)27(38)39-2/h3-10,13,15,22-23,28,33-34H,11-12,14H2,1-2H3,(H,29,35)/t15-,22?,23?/m1/s1. The van der Waals surface area contributed by atoms with Crippen molar-refractivity contribution in [2.75, 3.05) is 32.1 Å². The number of nitrogens with one attached hydrogen (secondary N) is 2. The molecule has 3 amide bonds. The third-order valence-corrected chi connectivity index (χ3v) is 6.62. The Balaban J connectivity index is 1.47. The smallest absolute Gasteiger partial charge is 0.338 e. The number of aromatic nitrogens is 1. The lowest BCUT2D eigenvalue weighted by Gasteiger charge is -2.39. The summed E-state index contributed by atoms with van der Waals surface area (Å²) in [5.41, 5.74) is 1.08. The number of Topliss-reactive ketones (excluding diaryl/α,β-unsaturated/α-hetero) is 1. The van der Waals surface area contributed by atoms with E-state index in [9.17, 15) is 34.2 Å². The molecular formula is C27H28N4O8. The number of carbonyl (C=O) groups excluding carboxylic acids is 5. The number of rotatable bonds is 7. The number of benzene rings is 2. The highest BCUT2D eigenvalue weighted by Gasteiger charge is 2.35. The predicted molar refractivity (Wildman–Crippen MR) is 139 cm³/mol. The zero-order valence-electron chi connectivity index (χ0n) is 21.3. The number of aliphatic hydroxyl groups excluding tert-OH is 2. The molecule has 2 heterocycles. The van der Waals surface area contributed by atoms with Gasteiger partial charge in [-0.2, -0.15) is 0 Å². The Morgan fingerprint density at radius 1 is 1.00 bits per heavy atom. The van der Waals surface area contributed by atoms with Crippen molar-refractivity contribution in [2.45, 2.75) is 25.2 Å². The molecule has 39 heavy (non-hydrogen) atoms. The summed E-state index contributed by atoms with van der Waals surface area (Å²) < 4.78 is 4.32. The van der Waals surface area contributed by atoms with E-state index >= 15 is 0 Å². The maximum absolute atomic E-state index is 13.2. The molecule has 4 N–H and O–H groups in total. The van der Waals surface area contributed by atoms with Crippen molar-refractivity contribution in [1.82, 2.24) is 14.8 Å². The number of amides is 3. The number of ether oxygens (including phenoxy) is 1. The summed E-state index contributed by atoms with van der Waals surface area (Å²) >= 11 is 0. The van der Waals surface area contributed by atoms with E-state index < -0.39 is 41.8 Å². The zero-order chi connectivity index (χ0) is 28.3. The maximum Gasteiger partial charge on any atom is 0.338 e. The largest absolute Gasteiger partial charge is 0.467 e. The highest BCUT2D eigenvalue weighted by Crippen LogP contribution is 2.27. The summed E-state index contributed by atoms with van der Waals surface area (Å²) in [5, 5.41) is 22.4. The molecule has 0 bridgehead atoms. The molecule has 204 valence electrons. The molecule has 2 unspecified atom stereocenters. The number of hydrogen-bond acceptors (Lipinski definition) is 8. The van der Waals surface area contributed by atoms with Crippen molar-refractivity contribution >= 4 is 46.1 Å². The van der Waals surface area contributed by atoms with E-state index in [1.807, 2.05) is 6.07 Å². The second-order valence-electron chi connectivity index (χ2n) is 9.13. The Morgan fingerprint density at radius 3 is 2.38 bits per heavy atom. The van der Waals surface area contributed by atoms with Crippen LogP contribution in [0.1, 0.15) is 27.6 Å². The van der Waals surface area contributed by atoms with Crippen molar-refractivity contribution in [1.29, 1.82) is 0 Å². The topological polar surface area (TPSA) is 169 Å². The van der Waals surface area contributed by atoms with E-state index in [0.717, 1.165) is 7.11 Å². The van der Waals surface area contributed by atoms with Gasteiger partial charge < -0.3 is 35.1 Å². The summed E-state index contributed by atoms with van der Waals surface area (Å²) in [5.74, 6) is -3.88. The number of para-hydroxylation sites is 1. The van der Waals surface area contributed by atoms with Crippen LogP contribution < -0.4 is 5.32 Å². The maximum atomic E-state index is 13.2. The number of hydrogen-bond donors (Lipinski definition) is 4. The minimum absolute atomic E-state index is 0.0798. The molecule has 1 aliphatic heterocycles. The molecule has 2 aromatic carbocycles. The number of fused-ring (bicyclic) bond motifs is 1. The first-order chi connectivity index (χ1) is 18.6. The van der Waals surface area contributed by atoms with Crippen LogP contribution in [-0.4, -0.2) is 99.5 Å². The minimum atomic E-state index is -2.10. The van der Waals surface area contributed by atoms with Gasteiger partial charge in [-0.05, 0) is 25.1 Å². The van der Waals surface area contributed by atoms with E-state index in [-0.39, 0.29) is 36.8 Å². The van der Waals surface area contributed by atoms with Crippen molar-refractivity contribution in [3.8, 4) is 0 Å². The minimum Gasteiger partial charge on any atom is -0.467 e. The first-order valence-electron chi connectivity index (χ1n) is 12.2. The van der Waals surface area contributed by atoms with Gasteiger partial charge in [-0.25, -0.2) is 4.79 Å². The van der Waals surface area contributed by atoms with Gasteiger partial charge in [0.05, 0.1) is 23.9 Å². The molecule has 1 aliphatic rings. The van der Waals surface area contributed by atoms with Gasteiger partial charge in [-0.3, -0.25) is 19.2 Å². The average molecular weight is 537 g/mol. The Bertz CT molecular complexity index is 1420. The van der Waals surface area contributed by atoms with E-state index in [1.54, 1.807) is 42.2 Å². The van der Waals surface area contributed by atoms with Gasteiger partial charge in [-0.1, -0.05) is 30.3 Å². The lowest BCUT2D eigenvalue weighted by molar-refractivity contribution is -0.159. The fourth-order valence-corrected chi connectivity index (χ4v) is 4.50. The molecule has 4 rings (SSSR count). The lowest BCUT2D eigenvalue weighted by Crippen LogP contribution is -2.56. The third kappa shape index (κ3) is 5.52. The molecule has 3 aromatic rings. The van der Waals surface area contributed by atoms with Crippen molar-refractivity contribution < 1.29 is 38.9 Å². The molecule has 0 aliphatic carbocycles. The molecule has 1 aromatic heterocycles. The van der Waals surface area contributed by atoms with Gasteiger partial charge in [0.1, 0.15) is 0 Å². The van der Waals surface area contributed by atoms with E-state index in [2.05, 4.69) is 15.0 Å². The molecule has 0 spiro atoms. The molecule has 3 atom stereocenters. The number of nitrogens with zero attached hydrogens (tertiary/aromatic N) is 2. The summed E-state index contributed by atoms with van der Waals surface area (Å²) in [7, 11) is 1.00. The number of piperazine rings is 1. The molecular weight excluding hydrogens is 508 g/mol. The van der Waals surface area contributed by atoms with Crippen molar-refractivity contribution in [2.24, 2.45) is 0 Å². The van der Waals surface area contributed by atoms with Crippen LogP contribution in [0.5, 0.6) is 0 Å². The fourth-order valence-electron chi connectivity index (χ4n) is 4.50. The summed E-state index contributed by atoms with van der Waals surface area (Å²) in [6, 6.07) is 13.0. The number of carbonyl (C=O) groups is 5. The average Bonchev–Trinajstić information content (AvgIpc) is 3.40. The van der Waals surface area contributed by atoms with Gasteiger partial charge in [0.2, 0.25) is 0 Å². The Labute approximate surface area is 223 Å². The summed E-state index contributed by atoms with van der Waals surface area (Å²) in [6.07, 6.45) is -2.84. The van der Waals surface area contributed by atoms with Crippen LogP contribution in [0.4, 0.5) is 5.69 Å². The predicted octanol–water partition coefficient (Wildman–Crippen LogP) is 0.557. The lowest BCUT2D eigenvalue weighted by atomic mass is 10.1. The van der Waals surface area contributed by atoms with Gasteiger partial charge in [-0.15, -0.1) is 0 Å². The first kappa shape index (κ1) is 27.5. The molecule has 12 heteroatoms. The first-order valence-corrected chi connectivity index (χ1v) is 12.2.